The van der Waals surface area contributed by atoms with Gasteiger partial charge in [0.25, 0.3) is 0 Å². The van der Waals surface area contributed by atoms with Crippen LogP contribution in [0.15, 0.2) is 65.8 Å². The molecule has 0 aliphatic carbocycles. The zero-order chi connectivity index (χ0) is 24.0. The van der Waals surface area contributed by atoms with E-state index in [-0.39, 0.29) is 0 Å². The molecule has 2 aromatic carbocycles. The minimum Gasteiger partial charge on any atom is -0.494 e. The lowest BCUT2D eigenvalue weighted by atomic mass is 10.0. The van der Waals surface area contributed by atoms with Gasteiger partial charge in [-0.2, -0.15) is 0 Å². The van der Waals surface area contributed by atoms with Crippen LogP contribution in [-0.4, -0.2) is 50.8 Å². The van der Waals surface area contributed by atoms with Crippen LogP contribution in [0.5, 0.6) is 5.75 Å². The summed E-state index contributed by atoms with van der Waals surface area (Å²) in [5.74, 6) is 0.880. The largest absolute Gasteiger partial charge is 0.494 e. The monoisotopic (exact) mass is 476 g/mol. The maximum atomic E-state index is 11.9. The van der Waals surface area contributed by atoms with E-state index in [9.17, 15) is 8.42 Å². The molecular formula is C28H32N2O3S. The number of rotatable bonds is 8. The summed E-state index contributed by atoms with van der Waals surface area (Å²) in [6.07, 6.45) is 11.9. The minimum absolute atomic E-state index is 0.418. The lowest BCUT2D eigenvalue weighted by molar-refractivity contribution is 0.241. The third kappa shape index (κ3) is 6.55. The first-order valence-electron chi connectivity index (χ1n) is 11.7. The van der Waals surface area contributed by atoms with Crippen LogP contribution in [0.25, 0.3) is 12.2 Å². The lowest BCUT2D eigenvalue weighted by Crippen LogP contribution is -2.28. The Labute approximate surface area is 203 Å². The average Bonchev–Trinajstić information content (AvgIpc) is 3.03. The van der Waals surface area contributed by atoms with E-state index in [1.165, 1.54) is 11.8 Å². The molecule has 0 unspecified atom stereocenters. The summed E-state index contributed by atoms with van der Waals surface area (Å²) in [7, 11) is -3.17. The summed E-state index contributed by atoms with van der Waals surface area (Å²) in [5, 5.41) is 0. The fourth-order valence-corrected chi connectivity index (χ4v) is 4.92. The molecule has 5 nitrogen and oxygen atoms in total. The van der Waals surface area contributed by atoms with Gasteiger partial charge in [0.15, 0.2) is 9.84 Å². The minimum atomic E-state index is -3.17. The van der Waals surface area contributed by atoms with Crippen LogP contribution in [-0.2, 0) is 22.7 Å². The topological polar surface area (TPSA) is 59.5 Å². The summed E-state index contributed by atoms with van der Waals surface area (Å²) in [5.41, 5.74) is 5.84. The summed E-state index contributed by atoms with van der Waals surface area (Å²) in [4.78, 5) is 7.00. The van der Waals surface area contributed by atoms with Gasteiger partial charge in [-0.25, -0.2) is 8.42 Å². The van der Waals surface area contributed by atoms with Crippen LogP contribution in [0.3, 0.4) is 0 Å². The summed E-state index contributed by atoms with van der Waals surface area (Å²) in [6, 6.07) is 15.7. The van der Waals surface area contributed by atoms with Crippen molar-refractivity contribution < 1.29 is 13.2 Å². The van der Waals surface area contributed by atoms with Crippen LogP contribution in [0.2, 0.25) is 0 Å². The molecule has 34 heavy (non-hydrogen) atoms. The summed E-state index contributed by atoms with van der Waals surface area (Å²) < 4.78 is 29.8. The van der Waals surface area contributed by atoms with E-state index in [1.54, 1.807) is 6.07 Å². The number of pyridine rings is 1. The number of benzene rings is 2. The first-order chi connectivity index (χ1) is 16.4. The van der Waals surface area contributed by atoms with Crippen LogP contribution in [0.1, 0.15) is 34.2 Å². The van der Waals surface area contributed by atoms with Gasteiger partial charge >= 0.3 is 0 Å². The fourth-order valence-electron chi connectivity index (χ4n) is 4.25. The maximum absolute atomic E-state index is 11.9. The van der Waals surface area contributed by atoms with Crippen molar-refractivity contribution in [2.45, 2.75) is 31.1 Å². The molecule has 1 aliphatic heterocycles. The Morgan fingerprint density at radius 2 is 1.85 bits per heavy atom. The molecule has 0 atom stereocenters. The number of sulfone groups is 1. The molecule has 0 fully saturated rings. The molecule has 2 heterocycles. The highest BCUT2D eigenvalue weighted by Gasteiger charge is 2.16. The molecule has 0 spiro atoms. The number of aromatic nitrogens is 1. The lowest BCUT2D eigenvalue weighted by Gasteiger charge is -2.19. The molecule has 3 aromatic rings. The number of fused-ring (bicyclic) bond motifs is 1. The average molecular weight is 477 g/mol. The first-order valence-corrected chi connectivity index (χ1v) is 13.6. The number of hydrogen-bond acceptors (Lipinski definition) is 5. The third-order valence-corrected chi connectivity index (χ3v) is 7.38. The third-order valence-electron chi connectivity index (χ3n) is 6.27. The van der Waals surface area contributed by atoms with Gasteiger partial charge in [-0.15, -0.1) is 0 Å². The van der Waals surface area contributed by atoms with Gasteiger partial charge in [0, 0.05) is 38.3 Å². The SMILES string of the molecule is Cc1cnccc1/C=C/c1cccc(OCCCN2CCc3ccc(S(C)(=O)=O)cc3CC2)c1. The Hall–Kier alpha value is -2.96. The van der Waals surface area contributed by atoms with Crippen molar-refractivity contribution in [2.75, 3.05) is 32.5 Å². The van der Waals surface area contributed by atoms with Crippen molar-refractivity contribution in [3.63, 3.8) is 0 Å². The molecule has 1 aliphatic rings. The van der Waals surface area contributed by atoms with E-state index in [2.05, 4.69) is 41.1 Å². The molecule has 0 radical (unpaired) electrons. The highest BCUT2D eigenvalue weighted by Crippen LogP contribution is 2.21. The normalized spacial score (nSPS) is 14.6. The molecule has 0 bridgehead atoms. The molecule has 0 N–H and O–H groups in total. The van der Waals surface area contributed by atoms with E-state index in [0.717, 1.165) is 66.9 Å². The molecule has 1 aromatic heterocycles. The predicted molar refractivity (Wildman–Crippen MR) is 138 cm³/mol. The van der Waals surface area contributed by atoms with E-state index in [0.29, 0.717) is 11.5 Å². The number of nitrogens with zero attached hydrogens (tertiary/aromatic N) is 2. The molecule has 4 rings (SSSR count). The van der Waals surface area contributed by atoms with E-state index in [1.807, 2.05) is 42.7 Å². The van der Waals surface area contributed by atoms with Gasteiger partial charge in [0.05, 0.1) is 11.5 Å². The Balaban J connectivity index is 1.25. The zero-order valence-corrected chi connectivity index (χ0v) is 20.7. The predicted octanol–water partition coefficient (Wildman–Crippen LogP) is 4.83. The number of aryl methyl sites for hydroxylation is 1. The van der Waals surface area contributed by atoms with Crippen molar-refractivity contribution in [1.29, 1.82) is 0 Å². The summed E-state index contributed by atoms with van der Waals surface area (Å²) >= 11 is 0. The molecular weight excluding hydrogens is 444 g/mol. The van der Waals surface area contributed by atoms with Gasteiger partial charge in [-0.05, 0) is 84.3 Å². The molecule has 0 saturated carbocycles. The summed E-state index contributed by atoms with van der Waals surface area (Å²) in [6.45, 7) is 5.61. The van der Waals surface area contributed by atoms with Gasteiger partial charge in [0.2, 0.25) is 0 Å². The molecule has 178 valence electrons. The van der Waals surface area contributed by atoms with Crippen LogP contribution in [0, 0.1) is 6.92 Å². The van der Waals surface area contributed by atoms with Gasteiger partial charge in [-0.1, -0.05) is 30.4 Å². The van der Waals surface area contributed by atoms with Crippen LogP contribution < -0.4 is 4.74 Å². The molecule has 0 saturated heterocycles. The smallest absolute Gasteiger partial charge is 0.175 e. The van der Waals surface area contributed by atoms with Gasteiger partial charge in [-0.3, -0.25) is 4.98 Å². The second-order valence-electron chi connectivity index (χ2n) is 8.88. The maximum Gasteiger partial charge on any atom is 0.175 e. The Morgan fingerprint density at radius 1 is 1.03 bits per heavy atom. The first kappa shape index (κ1) is 24.2. The Kier molecular flexibility index (Phi) is 7.80. The van der Waals surface area contributed by atoms with E-state index in [4.69, 9.17) is 4.74 Å². The van der Waals surface area contributed by atoms with Crippen molar-refractivity contribution in [1.82, 2.24) is 9.88 Å². The molecule has 6 heteroatoms. The number of ether oxygens (including phenoxy) is 1. The number of hydrogen-bond donors (Lipinski definition) is 0. The second-order valence-corrected chi connectivity index (χ2v) is 10.9. The van der Waals surface area contributed by atoms with Crippen LogP contribution in [0.4, 0.5) is 0 Å². The second kappa shape index (κ2) is 11.0. The van der Waals surface area contributed by atoms with Gasteiger partial charge < -0.3 is 9.64 Å². The van der Waals surface area contributed by atoms with Crippen molar-refractivity contribution in [2.24, 2.45) is 0 Å². The highest BCUT2D eigenvalue weighted by molar-refractivity contribution is 7.90. The Morgan fingerprint density at radius 3 is 2.65 bits per heavy atom. The Bertz CT molecular complexity index is 1270. The fraction of sp³-hybridized carbons (Fsp3) is 0.321. The quantitative estimate of drug-likeness (QED) is 0.436. The van der Waals surface area contributed by atoms with Crippen molar-refractivity contribution in [3.05, 3.63) is 88.7 Å². The van der Waals surface area contributed by atoms with E-state index >= 15 is 0 Å². The highest BCUT2D eigenvalue weighted by atomic mass is 32.2. The zero-order valence-electron chi connectivity index (χ0n) is 19.9. The van der Waals surface area contributed by atoms with Crippen molar-refractivity contribution >= 4 is 22.0 Å². The van der Waals surface area contributed by atoms with Gasteiger partial charge in [0.1, 0.15) is 5.75 Å². The van der Waals surface area contributed by atoms with Crippen LogP contribution >= 0.6 is 0 Å². The van der Waals surface area contributed by atoms with E-state index < -0.39 is 9.84 Å². The van der Waals surface area contributed by atoms with Crippen molar-refractivity contribution in [3.8, 4) is 5.75 Å². The molecule has 0 amide bonds. The standard InChI is InChI=1S/C28H32N2O3S/c1-22-21-29-14-11-24(22)8-7-23-5-3-6-27(19-23)33-18-4-15-30-16-12-25-9-10-28(34(2,31)32)20-26(25)13-17-30/h3,5-11,14,19-21H,4,12-13,15-18H2,1-2H3/b8-7+.